The molecule has 0 radical (unpaired) electrons. The average molecular weight is 679 g/mol. The normalized spacial score (nSPS) is 11.2. The third kappa shape index (κ3) is 8.32. The first-order valence-electron chi connectivity index (χ1n) is 18.4. The van der Waals surface area contributed by atoms with Crippen LogP contribution in [0.1, 0.15) is 99.1 Å². The summed E-state index contributed by atoms with van der Waals surface area (Å²) in [6, 6.07) is 49.1. The van der Waals surface area contributed by atoms with E-state index in [0.29, 0.717) is 16.9 Å². The minimum Gasteiger partial charge on any atom is -0.497 e. The van der Waals surface area contributed by atoms with E-state index >= 15 is 0 Å². The molecule has 6 aromatic rings. The number of methoxy groups -OCH3 is 1. The molecule has 51 heavy (non-hydrogen) atoms. The SMILES string of the molecule is CC.CC.CC.CC.COc1ccc(C2(c3ccc(Oc4ccc(C(=O)c5ccc(C)cc5)cc4)cc3)c3ccccc3-c3ccccc32)cc1. The largest absolute Gasteiger partial charge is 0.497 e. The number of hydrogen-bond acceptors (Lipinski definition) is 3. The Morgan fingerprint density at radius 3 is 1.22 bits per heavy atom. The number of carbonyl (C=O) groups is 1. The van der Waals surface area contributed by atoms with Crippen LogP contribution in [-0.2, 0) is 5.41 Å². The molecule has 1 aliphatic rings. The first kappa shape index (κ1) is 40.0. The molecule has 0 amide bonds. The van der Waals surface area contributed by atoms with E-state index in [1.165, 1.54) is 27.8 Å². The summed E-state index contributed by atoms with van der Waals surface area (Å²) in [5.74, 6) is 2.23. The molecule has 6 aromatic carbocycles. The Labute approximate surface area is 307 Å². The summed E-state index contributed by atoms with van der Waals surface area (Å²) in [7, 11) is 1.69. The summed E-state index contributed by atoms with van der Waals surface area (Å²) in [5, 5.41) is 0. The Balaban J connectivity index is 0.000000822. The molecular weight excluding hydrogens is 625 g/mol. The fourth-order valence-corrected chi connectivity index (χ4v) is 6.32. The van der Waals surface area contributed by atoms with Crippen molar-refractivity contribution in [3.8, 4) is 28.4 Å². The number of benzene rings is 6. The van der Waals surface area contributed by atoms with Crippen LogP contribution in [0.4, 0.5) is 0 Å². The minimum absolute atomic E-state index is 0.00291. The van der Waals surface area contributed by atoms with Gasteiger partial charge in [0.1, 0.15) is 17.2 Å². The van der Waals surface area contributed by atoms with Crippen molar-refractivity contribution >= 4 is 5.78 Å². The number of ether oxygens (including phenoxy) is 2. The Hall–Kier alpha value is -5.41. The Bertz CT molecular complexity index is 1870. The minimum atomic E-state index is -0.490. The molecular formula is C48H54O3. The summed E-state index contributed by atoms with van der Waals surface area (Å²) < 4.78 is 11.7. The summed E-state index contributed by atoms with van der Waals surface area (Å²) in [6.45, 7) is 18.0. The van der Waals surface area contributed by atoms with E-state index in [2.05, 4.69) is 72.8 Å². The zero-order chi connectivity index (χ0) is 37.4. The molecule has 0 aliphatic heterocycles. The van der Waals surface area contributed by atoms with Gasteiger partial charge in [-0.15, -0.1) is 0 Å². The van der Waals surface area contributed by atoms with Crippen molar-refractivity contribution in [3.05, 3.63) is 185 Å². The quantitative estimate of drug-likeness (QED) is 0.157. The maximum Gasteiger partial charge on any atom is 0.193 e. The number of fused-ring (bicyclic) bond motifs is 3. The van der Waals surface area contributed by atoms with Crippen molar-refractivity contribution in [2.75, 3.05) is 7.11 Å². The standard InChI is InChI=1S/C40H30O3.4C2H6/c1-27-11-13-28(14-12-27)39(41)29-15-21-33(22-16-29)43-34-25-19-31(20-26-34)40(30-17-23-32(42-2)24-18-30)37-9-5-3-7-35(37)36-8-4-6-10-38(36)40;4*1-2/h3-26H,1-2H3;4*1-2H3. The molecule has 3 heteroatoms. The van der Waals surface area contributed by atoms with Crippen molar-refractivity contribution in [2.24, 2.45) is 0 Å². The monoisotopic (exact) mass is 678 g/mol. The van der Waals surface area contributed by atoms with E-state index in [0.717, 1.165) is 22.6 Å². The van der Waals surface area contributed by atoms with E-state index in [4.69, 9.17) is 9.47 Å². The zero-order valence-electron chi connectivity index (χ0n) is 32.1. The van der Waals surface area contributed by atoms with E-state index in [-0.39, 0.29) is 5.78 Å². The van der Waals surface area contributed by atoms with E-state index in [9.17, 15) is 4.79 Å². The van der Waals surface area contributed by atoms with Crippen molar-refractivity contribution in [3.63, 3.8) is 0 Å². The van der Waals surface area contributed by atoms with Gasteiger partial charge >= 0.3 is 0 Å². The molecule has 0 atom stereocenters. The fraction of sp³-hybridized carbons (Fsp3) is 0.229. The molecule has 0 saturated heterocycles. The van der Waals surface area contributed by atoms with E-state index in [1.54, 1.807) is 7.11 Å². The summed E-state index contributed by atoms with van der Waals surface area (Å²) in [5.41, 5.74) is 9.27. The number of rotatable bonds is 7. The second-order valence-corrected chi connectivity index (χ2v) is 10.9. The molecule has 0 fully saturated rings. The van der Waals surface area contributed by atoms with Gasteiger partial charge in [0.15, 0.2) is 5.78 Å². The van der Waals surface area contributed by atoms with Crippen LogP contribution in [0.5, 0.6) is 17.2 Å². The first-order chi connectivity index (χ1) is 25.1. The third-order valence-electron chi connectivity index (χ3n) is 8.43. The smallest absolute Gasteiger partial charge is 0.193 e. The van der Waals surface area contributed by atoms with Gasteiger partial charge in [0.05, 0.1) is 12.5 Å². The first-order valence-corrected chi connectivity index (χ1v) is 18.4. The third-order valence-corrected chi connectivity index (χ3v) is 8.43. The molecule has 0 heterocycles. The molecule has 7 rings (SSSR count). The van der Waals surface area contributed by atoms with E-state index < -0.39 is 5.41 Å². The molecule has 0 bridgehead atoms. The highest BCUT2D eigenvalue weighted by Crippen LogP contribution is 2.56. The summed E-state index contributed by atoms with van der Waals surface area (Å²) in [6.07, 6.45) is 0. The summed E-state index contributed by atoms with van der Waals surface area (Å²) >= 11 is 0. The summed E-state index contributed by atoms with van der Waals surface area (Å²) in [4.78, 5) is 12.9. The number of hydrogen-bond donors (Lipinski definition) is 0. The lowest BCUT2D eigenvalue weighted by atomic mass is 9.68. The van der Waals surface area contributed by atoms with Crippen molar-refractivity contribution in [2.45, 2.75) is 67.7 Å². The van der Waals surface area contributed by atoms with Crippen molar-refractivity contribution < 1.29 is 14.3 Å². The molecule has 1 aliphatic carbocycles. The van der Waals surface area contributed by atoms with Gasteiger partial charge in [-0.3, -0.25) is 4.79 Å². The van der Waals surface area contributed by atoms with Gasteiger partial charge in [-0.2, -0.15) is 0 Å². The van der Waals surface area contributed by atoms with Gasteiger partial charge in [0, 0.05) is 11.1 Å². The van der Waals surface area contributed by atoms with Gasteiger partial charge in [-0.05, 0) is 88.8 Å². The van der Waals surface area contributed by atoms with Crippen LogP contribution in [0.25, 0.3) is 11.1 Å². The highest BCUT2D eigenvalue weighted by atomic mass is 16.5. The maximum atomic E-state index is 12.9. The number of ketones is 1. The van der Waals surface area contributed by atoms with Crippen LogP contribution in [-0.4, -0.2) is 12.9 Å². The van der Waals surface area contributed by atoms with Gasteiger partial charge in [0.2, 0.25) is 0 Å². The molecule has 3 nitrogen and oxygen atoms in total. The Morgan fingerprint density at radius 2 is 0.804 bits per heavy atom. The zero-order valence-corrected chi connectivity index (χ0v) is 32.1. The molecule has 0 N–H and O–H groups in total. The molecule has 0 aromatic heterocycles. The second-order valence-electron chi connectivity index (χ2n) is 10.9. The van der Waals surface area contributed by atoms with Crippen LogP contribution in [0, 0.1) is 6.92 Å². The van der Waals surface area contributed by atoms with E-state index in [1.807, 2.05) is 135 Å². The predicted octanol–water partition coefficient (Wildman–Crippen LogP) is 13.5. The van der Waals surface area contributed by atoms with Crippen molar-refractivity contribution in [1.29, 1.82) is 0 Å². The number of aryl methyl sites for hydroxylation is 1. The topological polar surface area (TPSA) is 35.5 Å². The lowest BCUT2D eigenvalue weighted by Crippen LogP contribution is -2.28. The predicted molar refractivity (Wildman–Crippen MR) is 217 cm³/mol. The lowest BCUT2D eigenvalue weighted by Gasteiger charge is -2.34. The second kappa shape index (κ2) is 19.7. The Morgan fingerprint density at radius 1 is 0.451 bits per heavy atom. The van der Waals surface area contributed by atoms with Crippen molar-refractivity contribution in [1.82, 2.24) is 0 Å². The van der Waals surface area contributed by atoms with Gasteiger partial charge in [-0.1, -0.05) is 158 Å². The van der Waals surface area contributed by atoms with Gasteiger partial charge in [-0.25, -0.2) is 0 Å². The average Bonchev–Trinajstić information content (AvgIpc) is 3.53. The van der Waals surface area contributed by atoms with Gasteiger partial charge in [0.25, 0.3) is 0 Å². The van der Waals surface area contributed by atoms with Crippen LogP contribution in [0.15, 0.2) is 146 Å². The fourth-order valence-electron chi connectivity index (χ4n) is 6.32. The van der Waals surface area contributed by atoms with Crippen LogP contribution in [0.3, 0.4) is 0 Å². The highest BCUT2D eigenvalue weighted by molar-refractivity contribution is 6.09. The van der Waals surface area contributed by atoms with Crippen LogP contribution >= 0.6 is 0 Å². The van der Waals surface area contributed by atoms with Crippen LogP contribution in [0.2, 0.25) is 0 Å². The lowest BCUT2D eigenvalue weighted by molar-refractivity contribution is 0.103. The molecule has 264 valence electrons. The van der Waals surface area contributed by atoms with Gasteiger partial charge < -0.3 is 9.47 Å². The number of carbonyl (C=O) groups excluding carboxylic acids is 1. The Kier molecular flexibility index (Phi) is 15.5. The molecule has 0 spiro atoms. The maximum absolute atomic E-state index is 12.9. The van der Waals surface area contributed by atoms with Crippen LogP contribution < -0.4 is 9.47 Å². The highest BCUT2D eigenvalue weighted by Gasteiger charge is 2.45. The molecule has 0 saturated carbocycles. The molecule has 0 unspecified atom stereocenters.